The van der Waals surface area contributed by atoms with Gasteiger partial charge in [-0.25, -0.2) is 18.0 Å². The van der Waals surface area contributed by atoms with Gasteiger partial charge in [0, 0.05) is 37.8 Å². The van der Waals surface area contributed by atoms with E-state index >= 15 is 4.39 Å². The van der Waals surface area contributed by atoms with Crippen LogP contribution in [0.4, 0.5) is 23.7 Å². The van der Waals surface area contributed by atoms with Crippen LogP contribution in [0.1, 0.15) is 41.9 Å². The van der Waals surface area contributed by atoms with Gasteiger partial charge in [0.25, 0.3) is 0 Å². The van der Waals surface area contributed by atoms with Gasteiger partial charge in [-0.2, -0.15) is 0 Å². The highest BCUT2D eigenvalue weighted by molar-refractivity contribution is 5.96. The van der Waals surface area contributed by atoms with E-state index < -0.39 is 41.4 Å². The molecule has 0 bridgehead atoms. The Labute approximate surface area is 271 Å². The van der Waals surface area contributed by atoms with Gasteiger partial charge in [-0.1, -0.05) is 24.3 Å². The molecule has 2 aliphatic rings. The van der Waals surface area contributed by atoms with E-state index in [-0.39, 0.29) is 36.4 Å². The second kappa shape index (κ2) is 16.7. The Hall–Kier alpha value is -4.04. The fourth-order valence-corrected chi connectivity index (χ4v) is 5.81. The number of benzene rings is 2. The molecule has 2 amide bonds. The Bertz CT molecular complexity index is 1420. The Balaban J connectivity index is 1.13. The smallest absolute Gasteiger partial charge is 0.407 e. The average molecular weight is 656 g/mol. The number of aromatic nitrogens is 1. The van der Waals surface area contributed by atoms with E-state index in [0.29, 0.717) is 56.4 Å². The minimum Gasteiger partial charge on any atom is -0.448 e. The number of pyridine rings is 1. The van der Waals surface area contributed by atoms with Crippen molar-refractivity contribution >= 4 is 17.7 Å². The predicted octanol–water partition coefficient (Wildman–Crippen LogP) is 4.04. The normalized spacial score (nSPS) is 19.3. The summed E-state index contributed by atoms with van der Waals surface area (Å²) in [7, 11) is 0. The average Bonchev–Trinajstić information content (AvgIpc) is 3.09. The number of amides is 2. The highest BCUT2D eigenvalue weighted by Gasteiger charge is 2.29. The first-order valence-electron chi connectivity index (χ1n) is 15.8. The summed E-state index contributed by atoms with van der Waals surface area (Å²) in [5.74, 6) is -2.46. The van der Waals surface area contributed by atoms with Crippen LogP contribution in [0.5, 0.6) is 0 Å². The maximum Gasteiger partial charge on any atom is 0.407 e. The first-order valence-corrected chi connectivity index (χ1v) is 15.8. The lowest BCUT2D eigenvalue weighted by Gasteiger charge is -2.30. The van der Waals surface area contributed by atoms with E-state index in [0.717, 1.165) is 19.0 Å². The first kappa shape index (κ1) is 34.3. The van der Waals surface area contributed by atoms with Gasteiger partial charge in [0.2, 0.25) is 5.91 Å². The van der Waals surface area contributed by atoms with Crippen LogP contribution in [0.25, 0.3) is 0 Å². The van der Waals surface area contributed by atoms with Gasteiger partial charge in [0.05, 0.1) is 42.9 Å². The molecule has 0 spiro atoms. The molecule has 5 rings (SSSR count). The monoisotopic (exact) mass is 655 g/mol. The third-order valence-corrected chi connectivity index (χ3v) is 8.56. The maximum atomic E-state index is 15.0. The molecule has 3 aromatic rings. The number of carbonyl (C=O) groups is 2. The van der Waals surface area contributed by atoms with E-state index in [1.165, 1.54) is 54.7 Å². The molecule has 3 atom stereocenters. The molecule has 1 aromatic heterocycles. The Kier molecular flexibility index (Phi) is 12.2. The molecule has 0 aliphatic carbocycles. The summed E-state index contributed by atoms with van der Waals surface area (Å²) in [5, 5.41) is 8.83. The molecule has 5 N–H and O–H groups in total. The van der Waals surface area contributed by atoms with Crippen LogP contribution in [-0.2, 0) is 25.4 Å². The van der Waals surface area contributed by atoms with Crippen LogP contribution in [0.2, 0.25) is 0 Å². The second-order valence-corrected chi connectivity index (χ2v) is 11.9. The molecule has 0 saturated carbocycles. The molecular weight excluding hydrogens is 615 g/mol. The van der Waals surface area contributed by atoms with Crippen molar-refractivity contribution < 1.29 is 37.0 Å². The fourth-order valence-electron chi connectivity index (χ4n) is 5.81. The summed E-state index contributed by atoms with van der Waals surface area (Å²) in [6.07, 6.45) is 4.23. The number of nitrogens with zero attached hydrogens (tertiary/aromatic N) is 1. The molecule has 2 aliphatic heterocycles. The maximum absolute atomic E-state index is 15.0. The van der Waals surface area contributed by atoms with Crippen molar-refractivity contribution in [1.29, 1.82) is 0 Å². The Morgan fingerprint density at radius 1 is 1.00 bits per heavy atom. The quantitative estimate of drug-likeness (QED) is 0.230. The summed E-state index contributed by atoms with van der Waals surface area (Å²) < 4.78 is 59.0. The Morgan fingerprint density at radius 2 is 1.66 bits per heavy atom. The van der Waals surface area contributed by atoms with Gasteiger partial charge < -0.3 is 35.9 Å². The summed E-state index contributed by atoms with van der Waals surface area (Å²) in [4.78, 5) is 29.5. The van der Waals surface area contributed by atoms with Crippen LogP contribution in [0.3, 0.4) is 0 Å². The number of ether oxygens (including phenoxy) is 3. The topological polar surface area (TPSA) is 137 Å². The van der Waals surface area contributed by atoms with E-state index in [1.807, 2.05) is 0 Å². The lowest BCUT2D eigenvalue weighted by atomic mass is 9.85. The highest BCUT2D eigenvalue weighted by Crippen LogP contribution is 2.29. The molecule has 252 valence electrons. The van der Waals surface area contributed by atoms with Crippen LogP contribution in [0.15, 0.2) is 60.9 Å². The van der Waals surface area contributed by atoms with Crippen LogP contribution >= 0.6 is 0 Å². The lowest BCUT2D eigenvalue weighted by molar-refractivity contribution is -0.117. The molecule has 47 heavy (non-hydrogen) atoms. The predicted molar refractivity (Wildman–Crippen MR) is 168 cm³/mol. The van der Waals surface area contributed by atoms with E-state index in [1.54, 1.807) is 0 Å². The first-order chi connectivity index (χ1) is 22.8. The van der Waals surface area contributed by atoms with Crippen LogP contribution in [0, 0.1) is 23.4 Å². The molecule has 2 saturated heterocycles. The number of nitrogens with one attached hydrogen (secondary N) is 3. The van der Waals surface area contributed by atoms with E-state index in [4.69, 9.17) is 19.9 Å². The van der Waals surface area contributed by atoms with Crippen molar-refractivity contribution in [2.24, 2.45) is 11.7 Å². The second-order valence-electron chi connectivity index (χ2n) is 11.9. The number of hydrogen-bond acceptors (Lipinski definition) is 8. The zero-order valence-electron chi connectivity index (χ0n) is 25.9. The number of carbonyl (C=O) groups excluding carboxylic acids is 2. The number of anilines is 1. The summed E-state index contributed by atoms with van der Waals surface area (Å²) in [6, 6.07) is 9.74. The zero-order valence-corrected chi connectivity index (χ0v) is 25.9. The van der Waals surface area contributed by atoms with Gasteiger partial charge >= 0.3 is 6.09 Å². The molecule has 0 radical (unpaired) electrons. The number of alkyl carbamates (subject to hydrolysis) is 1. The summed E-state index contributed by atoms with van der Waals surface area (Å²) in [6.45, 7) is 2.90. The van der Waals surface area contributed by atoms with Crippen molar-refractivity contribution in [3.63, 3.8) is 0 Å². The summed E-state index contributed by atoms with van der Waals surface area (Å²) in [5.41, 5.74) is 7.98. The molecule has 3 heterocycles. The largest absolute Gasteiger partial charge is 0.448 e. The van der Waals surface area contributed by atoms with Crippen molar-refractivity contribution in [2.75, 3.05) is 44.8 Å². The molecular formula is C34H40F3N5O5. The van der Waals surface area contributed by atoms with Gasteiger partial charge in [0.1, 0.15) is 24.1 Å². The van der Waals surface area contributed by atoms with Gasteiger partial charge in [-0.05, 0) is 67.0 Å². The highest BCUT2D eigenvalue weighted by atomic mass is 19.1. The molecule has 2 aromatic carbocycles. The third-order valence-electron chi connectivity index (χ3n) is 8.56. The number of halogens is 3. The zero-order chi connectivity index (χ0) is 33.2. The molecule has 0 unspecified atom stereocenters. The van der Waals surface area contributed by atoms with Gasteiger partial charge in [-0.3, -0.25) is 9.78 Å². The van der Waals surface area contributed by atoms with Crippen molar-refractivity contribution in [1.82, 2.24) is 15.6 Å². The van der Waals surface area contributed by atoms with Gasteiger partial charge in [0.15, 0.2) is 0 Å². The van der Waals surface area contributed by atoms with Crippen molar-refractivity contribution in [2.45, 2.75) is 49.8 Å². The third kappa shape index (κ3) is 9.74. The SMILES string of the molecule is N[C@H](C(=O)Nc1cncc(F)c1CC[C@@H]1CN[C@H](COC(=O)NCC2CCOCC2)CO1)C(c1ccc(F)cc1)c1ccc(F)cc1. The fraction of sp³-hybridized carbons (Fsp3) is 0.441. The number of nitrogens with two attached hydrogens (primary N) is 1. The van der Waals surface area contributed by atoms with Crippen molar-refractivity contribution in [3.8, 4) is 0 Å². The standard InChI is InChI=1S/C34H40F3N5O5/c35-24-5-1-22(2-6-24)31(23-3-7-25(36)8-4-23)32(38)33(43)42-30-18-39-17-29(37)28(30)10-9-27-16-40-26(19-46-27)20-47-34(44)41-15-21-11-13-45-14-12-21/h1-8,17-18,21,26-27,31-32,40H,9-16,19-20,38H2,(H,41,44)(H,42,43)/t26-,27+,32-/m0/s1. The number of hydrogen-bond donors (Lipinski definition) is 4. The van der Waals surface area contributed by atoms with E-state index in [2.05, 4.69) is 20.9 Å². The summed E-state index contributed by atoms with van der Waals surface area (Å²) >= 11 is 0. The molecule has 2 fully saturated rings. The van der Waals surface area contributed by atoms with Crippen LogP contribution < -0.4 is 21.7 Å². The minimum atomic E-state index is -1.18. The minimum absolute atomic E-state index is 0.151. The lowest BCUT2D eigenvalue weighted by Crippen LogP contribution is -2.49. The van der Waals surface area contributed by atoms with Crippen LogP contribution in [-0.4, -0.2) is 74.7 Å². The van der Waals surface area contributed by atoms with Gasteiger partial charge in [-0.15, -0.1) is 0 Å². The number of morpholine rings is 1. The molecule has 10 nitrogen and oxygen atoms in total. The van der Waals surface area contributed by atoms with E-state index in [9.17, 15) is 18.4 Å². The Morgan fingerprint density at radius 3 is 2.28 bits per heavy atom. The molecule has 13 heteroatoms. The van der Waals surface area contributed by atoms with Crippen molar-refractivity contribution in [3.05, 3.63) is 95.1 Å². The number of rotatable bonds is 12.